The maximum absolute atomic E-state index is 2.57. The van der Waals surface area contributed by atoms with E-state index < -0.39 is 0 Å². The summed E-state index contributed by atoms with van der Waals surface area (Å²) >= 11 is 0. The highest BCUT2D eigenvalue weighted by molar-refractivity contribution is 5.81. The average Bonchev–Trinajstić information content (AvgIpc) is 3.55. The van der Waals surface area contributed by atoms with Crippen LogP contribution in [0.3, 0.4) is 0 Å². The lowest BCUT2D eigenvalue weighted by Crippen LogP contribution is -2.16. The molecule has 0 aliphatic heterocycles. The van der Waals surface area contributed by atoms with Crippen molar-refractivity contribution >= 4 is 5.57 Å². The van der Waals surface area contributed by atoms with E-state index in [0.717, 1.165) is 6.42 Å². The monoisotopic (exact) mass is 570 g/mol. The van der Waals surface area contributed by atoms with Crippen molar-refractivity contribution in [3.05, 3.63) is 171 Å². The van der Waals surface area contributed by atoms with Crippen molar-refractivity contribution in [1.29, 1.82) is 0 Å². The third-order valence-electron chi connectivity index (χ3n) is 10.7. The fraction of sp³-hybridized carbons (Fsp3) is 0.273. The molecule has 0 radical (unpaired) electrons. The van der Waals surface area contributed by atoms with Gasteiger partial charge in [0.1, 0.15) is 0 Å². The van der Waals surface area contributed by atoms with Crippen LogP contribution in [0.15, 0.2) is 115 Å². The van der Waals surface area contributed by atoms with Gasteiger partial charge in [-0.3, -0.25) is 0 Å². The van der Waals surface area contributed by atoms with Gasteiger partial charge in [-0.2, -0.15) is 0 Å². The zero-order chi connectivity index (χ0) is 30.0. The zero-order valence-corrected chi connectivity index (χ0v) is 26.5. The summed E-state index contributed by atoms with van der Waals surface area (Å²) in [4.78, 5) is 0. The lowest BCUT2D eigenvalue weighted by atomic mass is 9.73. The van der Waals surface area contributed by atoms with E-state index in [1.165, 1.54) is 80.5 Å². The van der Waals surface area contributed by atoms with Crippen molar-refractivity contribution in [2.75, 3.05) is 0 Å². The molecule has 44 heavy (non-hydrogen) atoms. The van der Waals surface area contributed by atoms with Crippen LogP contribution in [-0.4, -0.2) is 0 Å². The van der Waals surface area contributed by atoms with Gasteiger partial charge in [-0.05, 0) is 116 Å². The lowest BCUT2D eigenvalue weighted by molar-refractivity contribution is 0.516. The summed E-state index contributed by atoms with van der Waals surface area (Å²) in [6.07, 6.45) is 7.27. The number of benzene rings is 5. The second-order valence-corrected chi connectivity index (χ2v) is 14.5. The summed E-state index contributed by atoms with van der Waals surface area (Å²) in [5.41, 5.74) is 19.0. The van der Waals surface area contributed by atoms with Crippen LogP contribution in [0.2, 0.25) is 0 Å². The lowest BCUT2D eigenvalue weighted by Gasteiger charge is -2.31. The summed E-state index contributed by atoms with van der Waals surface area (Å²) in [6, 6.07) is 42.1. The summed E-state index contributed by atoms with van der Waals surface area (Å²) in [5, 5.41) is 0. The van der Waals surface area contributed by atoms with Crippen LogP contribution in [0.5, 0.6) is 0 Å². The molecule has 5 aromatic rings. The van der Waals surface area contributed by atoms with Crippen molar-refractivity contribution in [2.45, 2.75) is 76.5 Å². The fourth-order valence-electron chi connectivity index (χ4n) is 8.44. The molecule has 0 saturated heterocycles. The van der Waals surface area contributed by atoms with Crippen LogP contribution in [0.4, 0.5) is 0 Å². The minimum Gasteiger partial charge on any atom is -0.0728 e. The largest absolute Gasteiger partial charge is 0.0728 e. The summed E-state index contributed by atoms with van der Waals surface area (Å²) in [7, 11) is 0. The van der Waals surface area contributed by atoms with Crippen LogP contribution in [0, 0.1) is 0 Å². The molecule has 0 fully saturated rings. The first-order chi connectivity index (χ1) is 21.3. The Morgan fingerprint density at radius 3 is 2.16 bits per heavy atom. The summed E-state index contributed by atoms with van der Waals surface area (Å²) in [5.74, 6) is 1.32. The second kappa shape index (κ2) is 10.5. The quantitative estimate of drug-likeness (QED) is 0.198. The molecule has 3 aliphatic rings. The Bertz CT molecular complexity index is 1930. The molecule has 8 rings (SSSR count). The van der Waals surface area contributed by atoms with Crippen molar-refractivity contribution in [2.24, 2.45) is 0 Å². The molecule has 0 nitrogen and oxygen atoms in total. The Hall–Kier alpha value is -4.16. The van der Waals surface area contributed by atoms with E-state index >= 15 is 0 Å². The molecule has 5 aromatic carbocycles. The minimum absolute atomic E-state index is 0.123. The Morgan fingerprint density at radius 2 is 1.34 bits per heavy atom. The smallest absolute Gasteiger partial charge is 0.0352 e. The molecule has 218 valence electrons. The normalized spacial score (nSPS) is 20.0. The molecule has 3 unspecified atom stereocenters. The zero-order valence-electron chi connectivity index (χ0n) is 26.5. The SMILES string of the molecule is CC1=CC(C2CCCc3ccc(Cc4ccc5c(c4)C(c4cccc(C(C)(C)C)c4)c4ccccc4-5)cc32)c2ccccc21. The molecule has 0 amide bonds. The molecule has 0 spiro atoms. The first-order valence-electron chi connectivity index (χ1n) is 16.6. The molecule has 0 saturated carbocycles. The van der Waals surface area contributed by atoms with E-state index in [0.29, 0.717) is 11.8 Å². The van der Waals surface area contributed by atoms with Gasteiger partial charge in [-0.1, -0.05) is 136 Å². The second-order valence-electron chi connectivity index (χ2n) is 14.5. The van der Waals surface area contributed by atoms with Crippen LogP contribution in [-0.2, 0) is 18.3 Å². The van der Waals surface area contributed by atoms with Gasteiger partial charge in [0.05, 0.1) is 0 Å². The topological polar surface area (TPSA) is 0 Å². The van der Waals surface area contributed by atoms with Crippen molar-refractivity contribution in [1.82, 2.24) is 0 Å². The van der Waals surface area contributed by atoms with Gasteiger partial charge in [-0.15, -0.1) is 0 Å². The first kappa shape index (κ1) is 27.4. The number of hydrogen-bond acceptors (Lipinski definition) is 0. The standard InChI is InChI=1S/C44H42/c1-28-23-41(35-15-6-5-14-34(28)35)37-18-10-11-31-21-19-29(25-40(31)37)24-30-20-22-38-36-16-7-8-17-39(36)43(42(38)26-30)32-12-9-13-33(27-32)44(2,3)4/h5-9,12-17,19-23,25-27,37,41,43H,10-11,18,24H2,1-4H3. The predicted octanol–water partition coefficient (Wildman–Crippen LogP) is 11.4. The van der Waals surface area contributed by atoms with Gasteiger partial charge < -0.3 is 0 Å². The summed E-state index contributed by atoms with van der Waals surface area (Å²) < 4.78 is 0. The average molecular weight is 571 g/mol. The number of hydrogen-bond donors (Lipinski definition) is 0. The Kier molecular flexibility index (Phi) is 6.53. The molecule has 0 aromatic heterocycles. The van der Waals surface area contributed by atoms with Crippen molar-refractivity contribution in [3.8, 4) is 11.1 Å². The predicted molar refractivity (Wildman–Crippen MR) is 186 cm³/mol. The molecular formula is C44H42. The van der Waals surface area contributed by atoms with Gasteiger partial charge in [0.25, 0.3) is 0 Å². The van der Waals surface area contributed by atoms with Gasteiger partial charge in [0, 0.05) is 11.8 Å². The van der Waals surface area contributed by atoms with Gasteiger partial charge in [-0.25, -0.2) is 0 Å². The number of fused-ring (bicyclic) bond motifs is 5. The van der Waals surface area contributed by atoms with Gasteiger partial charge >= 0.3 is 0 Å². The van der Waals surface area contributed by atoms with E-state index in [-0.39, 0.29) is 11.3 Å². The molecule has 0 heterocycles. The molecular weight excluding hydrogens is 528 g/mol. The van der Waals surface area contributed by atoms with Gasteiger partial charge in [0.15, 0.2) is 0 Å². The minimum atomic E-state index is 0.123. The third-order valence-corrected chi connectivity index (χ3v) is 10.7. The van der Waals surface area contributed by atoms with E-state index in [1.807, 2.05) is 0 Å². The Labute approximate surface area is 263 Å². The van der Waals surface area contributed by atoms with E-state index in [4.69, 9.17) is 0 Å². The summed E-state index contributed by atoms with van der Waals surface area (Å²) in [6.45, 7) is 9.23. The third kappa shape index (κ3) is 4.58. The van der Waals surface area contributed by atoms with Crippen LogP contribution < -0.4 is 0 Å². The molecule has 3 aliphatic carbocycles. The molecule has 0 heteroatoms. The maximum atomic E-state index is 2.57. The van der Waals surface area contributed by atoms with E-state index in [2.05, 4.69) is 143 Å². The van der Waals surface area contributed by atoms with E-state index in [1.54, 1.807) is 11.1 Å². The highest BCUT2D eigenvalue weighted by atomic mass is 14.4. The maximum Gasteiger partial charge on any atom is 0.0352 e. The number of allylic oxidation sites excluding steroid dienone is 2. The first-order valence-corrected chi connectivity index (χ1v) is 16.6. The number of aryl methyl sites for hydroxylation is 1. The van der Waals surface area contributed by atoms with Crippen LogP contribution in [0.25, 0.3) is 16.7 Å². The number of rotatable bonds is 4. The van der Waals surface area contributed by atoms with Crippen molar-refractivity contribution in [3.63, 3.8) is 0 Å². The molecule has 0 N–H and O–H groups in total. The van der Waals surface area contributed by atoms with Gasteiger partial charge in [0.2, 0.25) is 0 Å². The Morgan fingerprint density at radius 1 is 0.636 bits per heavy atom. The van der Waals surface area contributed by atoms with E-state index in [9.17, 15) is 0 Å². The van der Waals surface area contributed by atoms with Crippen LogP contribution in [0.1, 0.15) is 114 Å². The van der Waals surface area contributed by atoms with Crippen molar-refractivity contribution < 1.29 is 0 Å². The van der Waals surface area contributed by atoms with Crippen LogP contribution >= 0.6 is 0 Å². The fourth-order valence-corrected chi connectivity index (χ4v) is 8.44. The Balaban J connectivity index is 1.15. The highest BCUT2D eigenvalue weighted by Gasteiger charge is 2.33. The molecule has 0 bridgehead atoms. The highest BCUT2D eigenvalue weighted by Crippen LogP contribution is 2.50. The molecule has 3 atom stereocenters.